The van der Waals surface area contributed by atoms with Crippen LogP contribution in [-0.2, 0) is 29.1 Å². The highest BCUT2D eigenvalue weighted by Gasteiger charge is 2.14. The summed E-state index contributed by atoms with van der Waals surface area (Å²) in [6.45, 7) is 9.28. The Balaban J connectivity index is 1.40. The van der Waals surface area contributed by atoms with Gasteiger partial charge in [0.1, 0.15) is 12.4 Å². The number of carbonyl (C=O) groups is 1. The summed E-state index contributed by atoms with van der Waals surface area (Å²) in [6, 6.07) is 12.9. The van der Waals surface area contributed by atoms with E-state index in [-0.39, 0.29) is 6.42 Å². The van der Waals surface area contributed by atoms with Crippen molar-refractivity contribution in [3.05, 3.63) is 69.0 Å². The fourth-order valence-corrected chi connectivity index (χ4v) is 5.10. The Hall–Kier alpha value is -2.74. The average Bonchev–Trinajstić information content (AvgIpc) is 3.31. The van der Waals surface area contributed by atoms with Crippen molar-refractivity contribution < 1.29 is 19.4 Å². The first-order valence-corrected chi connectivity index (χ1v) is 13.1. The van der Waals surface area contributed by atoms with Crippen LogP contribution in [-0.4, -0.2) is 47.3 Å². The van der Waals surface area contributed by atoms with Crippen LogP contribution in [0.25, 0.3) is 11.3 Å². The highest BCUT2D eigenvalue weighted by atomic mass is 32.1. The molecule has 4 rings (SSSR count). The first kappa shape index (κ1) is 25.4. The summed E-state index contributed by atoms with van der Waals surface area (Å²) in [4.78, 5) is 18.0. The third-order valence-electron chi connectivity index (χ3n) is 6.29. The Bertz CT molecular complexity index is 1140. The van der Waals surface area contributed by atoms with E-state index >= 15 is 0 Å². The van der Waals surface area contributed by atoms with Crippen molar-refractivity contribution in [1.29, 1.82) is 0 Å². The van der Waals surface area contributed by atoms with Gasteiger partial charge in [0.05, 0.1) is 23.9 Å². The Morgan fingerprint density at radius 1 is 1.14 bits per heavy atom. The Morgan fingerprint density at radius 3 is 2.74 bits per heavy atom. The van der Waals surface area contributed by atoms with Gasteiger partial charge in [-0.25, -0.2) is 4.98 Å². The fraction of sp³-hybridized carbons (Fsp3) is 0.429. The van der Waals surface area contributed by atoms with E-state index in [1.165, 1.54) is 16.7 Å². The molecule has 0 aliphatic carbocycles. The number of aryl methyl sites for hydroxylation is 3. The molecule has 0 spiro atoms. The average molecular weight is 495 g/mol. The number of carboxylic acid groups (broad SMARTS) is 1. The molecule has 1 saturated heterocycles. The molecule has 35 heavy (non-hydrogen) atoms. The largest absolute Gasteiger partial charge is 0.488 e. The van der Waals surface area contributed by atoms with Crippen LogP contribution in [0.5, 0.6) is 5.75 Å². The normalized spacial score (nSPS) is 14.2. The number of nitrogens with zero attached hydrogens (tertiary/aromatic N) is 2. The minimum atomic E-state index is -0.742. The minimum absolute atomic E-state index is 0.210. The number of hydrogen-bond donors (Lipinski definition) is 1. The molecule has 1 aliphatic rings. The number of rotatable bonds is 11. The van der Waals surface area contributed by atoms with Gasteiger partial charge in [0.25, 0.3) is 0 Å². The van der Waals surface area contributed by atoms with E-state index in [0.29, 0.717) is 13.0 Å². The van der Waals surface area contributed by atoms with Crippen LogP contribution in [0.15, 0.2) is 41.8 Å². The summed E-state index contributed by atoms with van der Waals surface area (Å²) in [5, 5.41) is 11.9. The lowest BCUT2D eigenvalue weighted by atomic mass is 10.0. The molecule has 0 amide bonds. The molecular formula is C28H34N2O4S. The smallest absolute Gasteiger partial charge is 0.303 e. The second kappa shape index (κ2) is 12.3. The predicted octanol–water partition coefficient (Wildman–Crippen LogP) is 5.64. The number of aromatic nitrogens is 1. The summed E-state index contributed by atoms with van der Waals surface area (Å²) in [5.41, 5.74) is 6.81. The van der Waals surface area contributed by atoms with E-state index in [1.54, 1.807) is 11.3 Å². The van der Waals surface area contributed by atoms with Crippen molar-refractivity contribution in [2.24, 2.45) is 0 Å². The van der Waals surface area contributed by atoms with Gasteiger partial charge in [0.2, 0.25) is 0 Å². The van der Waals surface area contributed by atoms with Crippen molar-refractivity contribution >= 4 is 17.3 Å². The van der Waals surface area contributed by atoms with Crippen LogP contribution in [0.3, 0.4) is 0 Å². The molecule has 1 N–H and O–H groups in total. The van der Waals surface area contributed by atoms with Gasteiger partial charge in [-0.1, -0.05) is 29.8 Å². The topological polar surface area (TPSA) is 71.9 Å². The number of unbranched alkanes of at least 4 members (excludes halogenated alkanes) is 1. The quantitative estimate of drug-likeness (QED) is 0.348. The summed E-state index contributed by atoms with van der Waals surface area (Å²) < 4.78 is 11.8. The maximum absolute atomic E-state index is 10.7. The number of ether oxygens (including phenoxy) is 2. The number of benzene rings is 2. The molecule has 7 heteroatoms. The maximum atomic E-state index is 10.7. The molecule has 0 atom stereocenters. The van der Waals surface area contributed by atoms with Crippen molar-refractivity contribution in [2.45, 2.75) is 52.7 Å². The van der Waals surface area contributed by atoms with Gasteiger partial charge in [-0.3, -0.25) is 9.69 Å². The molecule has 1 aliphatic heterocycles. The van der Waals surface area contributed by atoms with Crippen molar-refractivity contribution in [1.82, 2.24) is 9.88 Å². The molecule has 6 nitrogen and oxygen atoms in total. The Morgan fingerprint density at radius 2 is 1.97 bits per heavy atom. The van der Waals surface area contributed by atoms with Crippen LogP contribution in [0.4, 0.5) is 0 Å². The molecule has 1 fully saturated rings. The van der Waals surface area contributed by atoms with Gasteiger partial charge in [-0.15, -0.1) is 11.3 Å². The number of thiazole rings is 1. The van der Waals surface area contributed by atoms with Crippen LogP contribution in [0.1, 0.15) is 46.5 Å². The maximum Gasteiger partial charge on any atom is 0.303 e. The van der Waals surface area contributed by atoms with Gasteiger partial charge < -0.3 is 14.6 Å². The van der Waals surface area contributed by atoms with Crippen LogP contribution < -0.4 is 4.74 Å². The number of morpholine rings is 1. The third kappa shape index (κ3) is 7.37. The number of aliphatic carboxylic acids is 1. The standard InChI is InChI=1S/C28H34N2O4S/c1-20-7-10-26(24(15-20)25-19-35-27(29-25)5-3-4-6-28(31)32)34-18-23-9-8-22(16-21(23)2)17-30-11-13-33-14-12-30/h7-10,15-16,19H,3-6,11-14,17-18H2,1-2H3,(H,31,32). The van der Waals surface area contributed by atoms with E-state index < -0.39 is 5.97 Å². The van der Waals surface area contributed by atoms with Gasteiger partial charge in [0.15, 0.2) is 0 Å². The highest BCUT2D eigenvalue weighted by Crippen LogP contribution is 2.33. The van der Waals surface area contributed by atoms with Crippen LogP contribution in [0.2, 0.25) is 0 Å². The lowest BCUT2D eigenvalue weighted by Gasteiger charge is -2.26. The molecule has 3 aromatic rings. The Kier molecular flexibility index (Phi) is 8.90. The molecule has 0 bridgehead atoms. The molecule has 1 aromatic heterocycles. The zero-order chi connectivity index (χ0) is 24.6. The monoisotopic (exact) mass is 494 g/mol. The van der Waals surface area contributed by atoms with Gasteiger partial charge in [0, 0.05) is 37.0 Å². The first-order chi connectivity index (χ1) is 17.0. The zero-order valence-electron chi connectivity index (χ0n) is 20.6. The lowest BCUT2D eigenvalue weighted by Crippen LogP contribution is -2.35. The highest BCUT2D eigenvalue weighted by molar-refractivity contribution is 7.09. The Labute approximate surface area is 211 Å². The van der Waals surface area contributed by atoms with E-state index in [4.69, 9.17) is 19.6 Å². The van der Waals surface area contributed by atoms with Gasteiger partial charge >= 0.3 is 5.97 Å². The summed E-state index contributed by atoms with van der Waals surface area (Å²) in [7, 11) is 0. The molecule has 0 saturated carbocycles. The van der Waals surface area contributed by atoms with Gasteiger partial charge in [-0.2, -0.15) is 0 Å². The second-order valence-electron chi connectivity index (χ2n) is 9.16. The molecule has 186 valence electrons. The number of carboxylic acids is 1. The SMILES string of the molecule is Cc1ccc(OCc2ccc(CN3CCOCC3)cc2C)c(-c2csc(CCCCC(=O)O)n2)c1. The van der Waals surface area contributed by atoms with Crippen molar-refractivity contribution in [2.75, 3.05) is 26.3 Å². The van der Waals surface area contributed by atoms with Crippen molar-refractivity contribution in [3.8, 4) is 17.0 Å². The first-order valence-electron chi connectivity index (χ1n) is 12.3. The predicted molar refractivity (Wildman–Crippen MR) is 139 cm³/mol. The summed E-state index contributed by atoms with van der Waals surface area (Å²) in [6.07, 6.45) is 2.52. The third-order valence-corrected chi connectivity index (χ3v) is 7.20. The fourth-order valence-electron chi connectivity index (χ4n) is 4.26. The molecule has 0 unspecified atom stereocenters. The van der Waals surface area contributed by atoms with E-state index in [2.05, 4.69) is 54.5 Å². The molecule has 2 heterocycles. The van der Waals surface area contributed by atoms with E-state index in [0.717, 1.165) is 73.3 Å². The zero-order valence-corrected chi connectivity index (χ0v) is 21.4. The minimum Gasteiger partial charge on any atom is -0.488 e. The van der Waals surface area contributed by atoms with Gasteiger partial charge in [-0.05, 0) is 61.9 Å². The summed E-state index contributed by atoms with van der Waals surface area (Å²) in [5.74, 6) is 0.0866. The van der Waals surface area contributed by atoms with Crippen LogP contribution in [0, 0.1) is 13.8 Å². The second-order valence-corrected chi connectivity index (χ2v) is 10.1. The molecule has 0 radical (unpaired) electrons. The summed E-state index contributed by atoms with van der Waals surface area (Å²) >= 11 is 1.62. The number of hydrogen-bond acceptors (Lipinski definition) is 6. The van der Waals surface area contributed by atoms with E-state index in [1.807, 2.05) is 6.07 Å². The molecular weight excluding hydrogens is 460 g/mol. The lowest BCUT2D eigenvalue weighted by molar-refractivity contribution is -0.137. The molecule has 2 aromatic carbocycles. The van der Waals surface area contributed by atoms with Crippen LogP contribution >= 0.6 is 11.3 Å². The van der Waals surface area contributed by atoms with E-state index in [9.17, 15) is 4.79 Å². The van der Waals surface area contributed by atoms with Crippen molar-refractivity contribution in [3.63, 3.8) is 0 Å².